The molecule has 5 heteroatoms. The number of carboxylic acid groups (broad SMARTS) is 1. The maximum absolute atomic E-state index is 13.1. The Morgan fingerprint density at radius 3 is 2.57 bits per heavy atom. The zero-order valence-corrected chi connectivity index (χ0v) is 12.4. The number of rotatable bonds is 2. The highest BCUT2D eigenvalue weighted by molar-refractivity contribution is 9.10. The topological polar surface area (TPSA) is 46.5 Å². The first-order valence-electron chi connectivity index (χ1n) is 6.21. The molecule has 1 aliphatic heterocycles. The van der Waals surface area contributed by atoms with E-state index < -0.39 is 5.97 Å². The molecule has 0 radical (unpaired) electrons. The number of hydrogen-bond acceptors (Lipinski definition) is 2. The van der Waals surface area contributed by atoms with E-state index in [2.05, 4.69) is 15.9 Å². The molecule has 21 heavy (non-hydrogen) atoms. The van der Waals surface area contributed by atoms with Crippen molar-refractivity contribution in [3.63, 3.8) is 0 Å². The SMILES string of the molecule is O=C(O)C1=C(c2ccc(F)cc2)c2cc(Br)ccc2CO1. The molecule has 2 aromatic rings. The number of fused-ring (bicyclic) bond motifs is 1. The third-order valence-electron chi connectivity index (χ3n) is 3.27. The summed E-state index contributed by atoms with van der Waals surface area (Å²) in [6.07, 6.45) is 0. The van der Waals surface area contributed by atoms with Crippen LogP contribution in [0.3, 0.4) is 0 Å². The molecule has 1 aliphatic rings. The van der Waals surface area contributed by atoms with Gasteiger partial charge in [-0.2, -0.15) is 0 Å². The Balaban J connectivity index is 2.27. The lowest BCUT2D eigenvalue weighted by molar-refractivity contribution is -0.136. The number of benzene rings is 2. The molecule has 0 atom stereocenters. The van der Waals surface area contributed by atoms with Crippen LogP contribution in [0.25, 0.3) is 5.57 Å². The molecule has 0 aromatic heterocycles. The average Bonchev–Trinajstić information content (AvgIpc) is 2.47. The van der Waals surface area contributed by atoms with Gasteiger partial charge in [-0.3, -0.25) is 0 Å². The molecule has 2 aromatic carbocycles. The van der Waals surface area contributed by atoms with E-state index in [-0.39, 0.29) is 18.2 Å². The van der Waals surface area contributed by atoms with Gasteiger partial charge in [-0.1, -0.05) is 34.1 Å². The van der Waals surface area contributed by atoms with Crippen molar-refractivity contribution in [2.75, 3.05) is 0 Å². The van der Waals surface area contributed by atoms with Crippen LogP contribution in [-0.2, 0) is 16.1 Å². The zero-order chi connectivity index (χ0) is 15.0. The molecule has 0 bridgehead atoms. The van der Waals surface area contributed by atoms with Crippen molar-refractivity contribution in [3.8, 4) is 0 Å². The van der Waals surface area contributed by atoms with Crippen LogP contribution in [0.2, 0.25) is 0 Å². The van der Waals surface area contributed by atoms with Crippen LogP contribution in [0.1, 0.15) is 16.7 Å². The van der Waals surface area contributed by atoms with Gasteiger partial charge in [0.2, 0.25) is 5.76 Å². The lowest BCUT2D eigenvalue weighted by Crippen LogP contribution is -2.15. The molecular formula is C16H10BrFO3. The number of hydrogen-bond donors (Lipinski definition) is 1. The van der Waals surface area contributed by atoms with Crippen molar-refractivity contribution in [3.05, 3.63) is 75.2 Å². The molecule has 0 unspecified atom stereocenters. The zero-order valence-electron chi connectivity index (χ0n) is 10.8. The van der Waals surface area contributed by atoms with Gasteiger partial charge >= 0.3 is 5.97 Å². The van der Waals surface area contributed by atoms with Gasteiger partial charge in [0, 0.05) is 10.0 Å². The fourth-order valence-electron chi connectivity index (χ4n) is 2.32. The smallest absolute Gasteiger partial charge is 0.371 e. The van der Waals surface area contributed by atoms with Crippen molar-refractivity contribution >= 4 is 27.5 Å². The maximum atomic E-state index is 13.1. The van der Waals surface area contributed by atoms with Gasteiger partial charge in [-0.15, -0.1) is 0 Å². The van der Waals surface area contributed by atoms with E-state index in [9.17, 15) is 14.3 Å². The van der Waals surface area contributed by atoms with E-state index in [4.69, 9.17) is 4.74 Å². The van der Waals surface area contributed by atoms with Gasteiger partial charge in [0.25, 0.3) is 0 Å². The van der Waals surface area contributed by atoms with Crippen LogP contribution < -0.4 is 0 Å². The van der Waals surface area contributed by atoms with Gasteiger partial charge in [-0.25, -0.2) is 9.18 Å². The van der Waals surface area contributed by atoms with Gasteiger partial charge in [0.05, 0.1) is 0 Å². The minimum atomic E-state index is -1.14. The van der Waals surface area contributed by atoms with Gasteiger partial charge in [0.1, 0.15) is 12.4 Å². The Kier molecular flexibility index (Phi) is 3.51. The monoisotopic (exact) mass is 348 g/mol. The summed E-state index contributed by atoms with van der Waals surface area (Å²) in [6.45, 7) is 0.203. The Labute approximate surface area is 128 Å². The molecule has 0 saturated heterocycles. The second-order valence-corrected chi connectivity index (χ2v) is 5.52. The van der Waals surface area contributed by atoms with E-state index in [0.29, 0.717) is 11.1 Å². The molecule has 3 rings (SSSR count). The molecule has 1 heterocycles. The third-order valence-corrected chi connectivity index (χ3v) is 3.76. The second-order valence-electron chi connectivity index (χ2n) is 4.61. The third kappa shape index (κ3) is 2.56. The summed E-state index contributed by atoms with van der Waals surface area (Å²) in [4.78, 5) is 11.4. The average molecular weight is 349 g/mol. The van der Waals surface area contributed by atoms with E-state index >= 15 is 0 Å². The van der Waals surface area contributed by atoms with Crippen LogP contribution in [0.15, 0.2) is 52.7 Å². The minimum absolute atomic E-state index is 0.118. The first-order valence-corrected chi connectivity index (χ1v) is 7.00. The van der Waals surface area contributed by atoms with Crippen molar-refractivity contribution in [1.82, 2.24) is 0 Å². The number of ether oxygens (including phenoxy) is 1. The Hall–Kier alpha value is -2.14. The van der Waals surface area contributed by atoms with Crippen molar-refractivity contribution in [1.29, 1.82) is 0 Å². The highest BCUT2D eigenvalue weighted by atomic mass is 79.9. The van der Waals surface area contributed by atoms with Crippen LogP contribution in [-0.4, -0.2) is 11.1 Å². The summed E-state index contributed by atoms with van der Waals surface area (Å²) in [7, 11) is 0. The van der Waals surface area contributed by atoms with E-state index in [1.165, 1.54) is 12.1 Å². The molecule has 0 amide bonds. The Morgan fingerprint density at radius 1 is 1.19 bits per heavy atom. The molecule has 106 valence electrons. The first kappa shape index (κ1) is 13.8. The van der Waals surface area contributed by atoms with Crippen molar-refractivity contribution in [2.45, 2.75) is 6.61 Å². The van der Waals surface area contributed by atoms with Gasteiger partial charge < -0.3 is 9.84 Å². The van der Waals surface area contributed by atoms with Crippen LogP contribution >= 0.6 is 15.9 Å². The molecular weight excluding hydrogens is 339 g/mol. The van der Waals surface area contributed by atoms with Crippen LogP contribution in [0, 0.1) is 5.82 Å². The van der Waals surface area contributed by atoms with E-state index in [0.717, 1.165) is 15.6 Å². The summed E-state index contributed by atoms with van der Waals surface area (Å²) in [5.41, 5.74) is 2.74. The number of carbonyl (C=O) groups is 1. The maximum Gasteiger partial charge on any atom is 0.371 e. The lowest BCUT2D eigenvalue weighted by atomic mass is 9.91. The highest BCUT2D eigenvalue weighted by Gasteiger charge is 2.26. The van der Waals surface area contributed by atoms with Crippen molar-refractivity contribution in [2.24, 2.45) is 0 Å². The Morgan fingerprint density at radius 2 is 1.90 bits per heavy atom. The largest absolute Gasteiger partial charge is 0.481 e. The van der Waals surface area contributed by atoms with E-state index in [1.807, 2.05) is 18.2 Å². The molecule has 3 nitrogen and oxygen atoms in total. The highest BCUT2D eigenvalue weighted by Crippen LogP contribution is 2.36. The fourth-order valence-corrected chi connectivity index (χ4v) is 2.68. The normalized spacial score (nSPS) is 13.6. The van der Waals surface area contributed by atoms with Crippen LogP contribution in [0.5, 0.6) is 0 Å². The van der Waals surface area contributed by atoms with Gasteiger partial charge in [0.15, 0.2) is 0 Å². The molecule has 0 aliphatic carbocycles. The Bertz CT molecular complexity index is 751. The quantitative estimate of drug-likeness (QED) is 0.893. The first-order chi connectivity index (χ1) is 10.1. The van der Waals surface area contributed by atoms with Crippen LogP contribution in [0.4, 0.5) is 4.39 Å². The molecule has 1 N–H and O–H groups in total. The predicted molar refractivity (Wildman–Crippen MR) is 79.0 cm³/mol. The van der Waals surface area contributed by atoms with Crippen molar-refractivity contribution < 1.29 is 19.0 Å². The summed E-state index contributed by atoms with van der Waals surface area (Å²) in [6, 6.07) is 11.3. The second kappa shape index (κ2) is 5.33. The summed E-state index contributed by atoms with van der Waals surface area (Å²) >= 11 is 3.39. The minimum Gasteiger partial charge on any atom is -0.481 e. The number of carboxylic acids is 1. The van der Waals surface area contributed by atoms with Gasteiger partial charge in [-0.05, 0) is 41.0 Å². The summed E-state index contributed by atoms with van der Waals surface area (Å²) in [5, 5.41) is 9.35. The predicted octanol–water partition coefficient (Wildman–Crippen LogP) is 3.96. The number of halogens is 2. The van der Waals surface area contributed by atoms with E-state index in [1.54, 1.807) is 12.1 Å². The standard InChI is InChI=1S/C16H10BrFO3/c17-11-4-1-10-8-21-15(16(19)20)14(13(10)7-11)9-2-5-12(18)6-3-9/h1-7H,8H2,(H,19,20). The number of aliphatic carboxylic acids is 1. The molecule has 0 fully saturated rings. The fraction of sp³-hybridized carbons (Fsp3) is 0.0625. The lowest BCUT2D eigenvalue weighted by Gasteiger charge is -2.22. The molecule has 0 spiro atoms. The molecule has 0 saturated carbocycles. The summed E-state index contributed by atoms with van der Waals surface area (Å²) < 4.78 is 19.3. The summed E-state index contributed by atoms with van der Waals surface area (Å²) in [5.74, 6) is -1.63.